The molecule has 2 aliphatic heterocycles. The molecule has 0 radical (unpaired) electrons. The molecular weight excluding hydrogens is 376 g/mol. The van der Waals surface area contributed by atoms with Crippen molar-refractivity contribution in [1.82, 2.24) is 25.3 Å². The molecule has 1 saturated heterocycles. The maximum absolute atomic E-state index is 12.6. The van der Waals surface area contributed by atoms with Crippen molar-refractivity contribution in [2.24, 2.45) is 5.16 Å². The number of likely N-dealkylation sites (tertiary alicyclic amines) is 1. The normalized spacial score (nSPS) is 21.0. The van der Waals surface area contributed by atoms with Gasteiger partial charge in [-0.1, -0.05) is 16.4 Å². The number of hydrogen-bond acceptors (Lipinski definition) is 8. The van der Waals surface area contributed by atoms with Gasteiger partial charge in [0, 0.05) is 31.9 Å². The van der Waals surface area contributed by atoms with Crippen LogP contribution in [-0.2, 0) is 27.4 Å². The highest BCUT2D eigenvalue weighted by atomic mass is 16.7. The lowest BCUT2D eigenvalue weighted by atomic mass is 9.88. The molecule has 10 heteroatoms. The van der Waals surface area contributed by atoms with Crippen molar-refractivity contribution in [2.45, 2.75) is 44.8 Å². The zero-order valence-corrected chi connectivity index (χ0v) is 16.1. The smallest absolute Gasteiger partial charge is 0.269 e. The summed E-state index contributed by atoms with van der Waals surface area (Å²) in [5.74, 6) is 0.421. The average Bonchev–Trinajstić information content (AvgIpc) is 3.33. The Morgan fingerprint density at radius 2 is 2.28 bits per heavy atom. The van der Waals surface area contributed by atoms with Gasteiger partial charge in [-0.15, -0.1) is 0 Å². The van der Waals surface area contributed by atoms with Gasteiger partial charge in [0.05, 0.1) is 6.54 Å². The predicted octanol–water partition coefficient (Wildman–Crippen LogP) is 0.769. The minimum absolute atomic E-state index is 0.0518. The molecule has 152 valence electrons. The number of aryl methyl sites for hydroxylation is 1. The number of rotatable bonds is 5. The van der Waals surface area contributed by atoms with Crippen molar-refractivity contribution in [1.29, 1.82) is 0 Å². The summed E-state index contributed by atoms with van der Waals surface area (Å²) in [6.45, 7) is 3.08. The number of piperidine rings is 1. The molecule has 0 aromatic carbocycles. The van der Waals surface area contributed by atoms with Crippen LogP contribution in [0, 0.1) is 6.92 Å². The second-order valence-corrected chi connectivity index (χ2v) is 7.36. The summed E-state index contributed by atoms with van der Waals surface area (Å²) in [5.41, 5.74) is 0.594. The van der Waals surface area contributed by atoms with Gasteiger partial charge in [0.15, 0.2) is 11.4 Å². The molecule has 4 heterocycles. The summed E-state index contributed by atoms with van der Waals surface area (Å²) in [7, 11) is 0. The van der Waals surface area contributed by atoms with Gasteiger partial charge in [-0.05, 0) is 31.4 Å². The molecule has 0 bridgehead atoms. The number of nitrogens with one attached hydrogen (secondary N) is 1. The third-order valence-corrected chi connectivity index (χ3v) is 5.04. The summed E-state index contributed by atoms with van der Waals surface area (Å²) >= 11 is 0. The van der Waals surface area contributed by atoms with Crippen LogP contribution in [0.15, 0.2) is 34.2 Å². The van der Waals surface area contributed by atoms with Gasteiger partial charge >= 0.3 is 0 Å². The monoisotopic (exact) mass is 398 g/mol. The van der Waals surface area contributed by atoms with E-state index in [2.05, 4.69) is 25.6 Å². The zero-order valence-electron chi connectivity index (χ0n) is 16.1. The van der Waals surface area contributed by atoms with E-state index in [1.165, 1.54) is 0 Å². The minimum Gasteiger partial charge on any atom is -0.386 e. The van der Waals surface area contributed by atoms with E-state index in [4.69, 9.17) is 9.36 Å². The fourth-order valence-electron chi connectivity index (χ4n) is 3.61. The largest absolute Gasteiger partial charge is 0.386 e. The molecule has 0 aliphatic carbocycles. The van der Waals surface area contributed by atoms with Crippen LogP contribution in [-0.4, -0.2) is 56.2 Å². The molecule has 2 aliphatic rings. The maximum Gasteiger partial charge on any atom is 0.269 e. The topological polar surface area (TPSA) is 123 Å². The molecule has 1 atom stereocenters. The first kappa shape index (κ1) is 19.0. The van der Waals surface area contributed by atoms with Gasteiger partial charge in [-0.2, -0.15) is 4.98 Å². The number of oxime groups is 1. The lowest BCUT2D eigenvalue weighted by Gasteiger charge is -2.38. The fraction of sp³-hybridized carbons (Fsp3) is 0.474. The molecule has 2 amide bonds. The Bertz CT molecular complexity index is 928. The predicted molar refractivity (Wildman–Crippen MR) is 101 cm³/mol. The molecule has 2 aromatic heterocycles. The van der Waals surface area contributed by atoms with Gasteiger partial charge in [-0.25, -0.2) is 0 Å². The first-order valence-electron chi connectivity index (χ1n) is 9.52. The first-order valence-corrected chi connectivity index (χ1v) is 9.52. The van der Waals surface area contributed by atoms with E-state index >= 15 is 0 Å². The Kier molecular flexibility index (Phi) is 5.24. The standard InChI is InChI=1S/C19H22N6O4/c1-13-22-16(28-23-13)8-17(26)25-7-3-5-19(12-25)9-15(24-29-19)18(27)21-11-14-4-2-6-20-10-14/h2,4,6,10H,3,5,7-9,11-12H2,1H3,(H,21,27)/t19-/m0/s1. The van der Waals surface area contributed by atoms with Crippen LogP contribution < -0.4 is 5.32 Å². The number of nitrogens with zero attached hydrogens (tertiary/aromatic N) is 5. The lowest BCUT2D eigenvalue weighted by molar-refractivity contribution is -0.140. The Labute approximate surface area is 167 Å². The lowest BCUT2D eigenvalue weighted by Crippen LogP contribution is -2.51. The van der Waals surface area contributed by atoms with Gasteiger partial charge in [0.25, 0.3) is 5.91 Å². The van der Waals surface area contributed by atoms with Crippen molar-refractivity contribution >= 4 is 17.5 Å². The summed E-state index contributed by atoms with van der Waals surface area (Å²) in [6, 6.07) is 3.70. The van der Waals surface area contributed by atoms with E-state index in [0.717, 1.165) is 18.4 Å². The van der Waals surface area contributed by atoms with Crippen molar-refractivity contribution in [3.8, 4) is 0 Å². The number of pyridine rings is 1. The molecule has 29 heavy (non-hydrogen) atoms. The third kappa shape index (κ3) is 4.41. The second kappa shape index (κ2) is 7.98. The summed E-state index contributed by atoms with van der Waals surface area (Å²) in [5, 5.41) is 10.6. The Morgan fingerprint density at radius 3 is 3.03 bits per heavy atom. The van der Waals surface area contributed by atoms with Crippen LogP contribution in [0.3, 0.4) is 0 Å². The molecule has 1 N–H and O–H groups in total. The zero-order chi connectivity index (χ0) is 20.3. The number of carbonyl (C=O) groups is 2. The van der Waals surface area contributed by atoms with Gasteiger partial charge in [0.2, 0.25) is 11.8 Å². The molecule has 4 rings (SSSR count). The van der Waals surface area contributed by atoms with Crippen LogP contribution in [0.4, 0.5) is 0 Å². The summed E-state index contributed by atoms with van der Waals surface area (Å²) < 4.78 is 5.03. The van der Waals surface area contributed by atoms with Gasteiger partial charge < -0.3 is 19.6 Å². The average molecular weight is 398 g/mol. The molecule has 1 spiro atoms. The fourth-order valence-corrected chi connectivity index (χ4v) is 3.61. The van der Waals surface area contributed by atoms with Crippen LogP contribution in [0.25, 0.3) is 0 Å². The third-order valence-electron chi connectivity index (χ3n) is 5.04. The van der Waals surface area contributed by atoms with Crippen molar-refractivity contribution in [3.05, 3.63) is 41.8 Å². The molecule has 10 nitrogen and oxygen atoms in total. The number of hydrogen-bond donors (Lipinski definition) is 1. The molecule has 0 unspecified atom stereocenters. The van der Waals surface area contributed by atoms with Crippen LogP contribution in [0.2, 0.25) is 0 Å². The Hall–Kier alpha value is -3.30. The van der Waals surface area contributed by atoms with Crippen molar-refractivity contribution in [2.75, 3.05) is 13.1 Å². The van der Waals surface area contributed by atoms with Crippen molar-refractivity contribution < 1.29 is 18.9 Å². The quantitative estimate of drug-likeness (QED) is 0.789. The maximum atomic E-state index is 12.6. The van der Waals surface area contributed by atoms with E-state index in [9.17, 15) is 9.59 Å². The summed E-state index contributed by atoms with van der Waals surface area (Å²) in [6.07, 6.45) is 5.31. The van der Waals surface area contributed by atoms with Crippen LogP contribution in [0.5, 0.6) is 0 Å². The van der Waals surface area contributed by atoms with E-state index in [-0.39, 0.29) is 18.2 Å². The Morgan fingerprint density at radius 1 is 1.38 bits per heavy atom. The van der Waals surface area contributed by atoms with Gasteiger partial charge in [0.1, 0.15) is 12.1 Å². The Balaban J connectivity index is 1.32. The summed E-state index contributed by atoms with van der Waals surface area (Å²) in [4.78, 5) is 40.6. The molecular formula is C19H22N6O4. The second-order valence-electron chi connectivity index (χ2n) is 7.36. The highest BCUT2D eigenvalue weighted by Crippen LogP contribution is 2.33. The molecule has 2 aromatic rings. The van der Waals surface area contributed by atoms with E-state index in [0.29, 0.717) is 43.5 Å². The van der Waals surface area contributed by atoms with Crippen molar-refractivity contribution in [3.63, 3.8) is 0 Å². The SMILES string of the molecule is Cc1noc(CC(=O)N2CCC[C@]3(CC(C(=O)NCc4cccnc4)=NO3)C2)n1. The van der Waals surface area contributed by atoms with Crippen LogP contribution >= 0.6 is 0 Å². The van der Waals surface area contributed by atoms with Gasteiger partial charge in [-0.3, -0.25) is 14.6 Å². The highest BCUT2D eigenvalue weighted by Gasteiger charge is 2.45. The number of amides is 2. The van der Waals surface area contributed by atoms with E-state index in [1.54, 1.807) is 24.2 Å². The molecule has 0 saturated carbocycles. The number of carbonyl (C=O) groups excluding carboxylic acids is 2. The molecule has 1 fully saturated rings. The van der Waals surface area contributed by atoms with E-state index in [1.807, 2.05) is 12.1 Å². The number of aromatic nitrogens is 3. The van der Waals surface area contributed by atoms with E-state index < -0.39 is 5.60 Å². The van der Waals surface area contributed by atoms with Crippen LogP contribution in [0.1, 0.15) is 36.5 Å². The first-order chi connectivity index (χ1) is 14.0. The highest BCUT2D eigenvalue weighted by molar-refractivity contribution is 6.39. The minimum atomic E-state index is -0.653.